The number of benzene rings is 12. The van der Waals surface area contributed by atoms with Gasteiger partial charge < -0.3 is 4.57 Å². The average molecular weight is 982 g/mol. The van der Waals surface area contributed by atoms with Crippen LogP contribution in [0.25, 0.3) is 83.1 Å². The highest BCUT2D eigenvalue weighted by atomic mass is 15.0. The summed E-state index contributed by atoms with van der Waals surface area (Å²) in [5, 5.41) is 2.48. The molecule has 13 aromatic rings. The van der Waals surface area contributed by atoms with Crippen LogP contribution in [0.1, 0.15) is 51.3 Å². The molecule has 364 valence electrons. The molecule has 1 atom stereocenters. The summed E-state index contributed by atoms with van der Waals surface area (Å²) in [6.07, 6.45) is 1.89. The van der Waals surface area contributed by atoms with Crippen molar-refractivity contribution in [2.45, 2.75) is 24.2 Å². The third-order valence-electron chi connectivity index (χ3n) is 16.5. The highest BCUT2D eigenvalue weighted by molar-refractivity contribution is 6.10. The number of fused-ring (bicyclic) bond motifs is 6. The molecule has 12 aromatic carbocycles. The molecule has 1 heteroatoms. The van der Waals surface area contributed by atoms with Gasteiger partial charge in [0, 0.05) is 22.4 Å². The monoisotopic (exact) mass is 981 g/mol. The third kappa shape index (κ3) is 7.94. The Kier molecular flexibility index (Phi) is 11.7. The lowest BCUT2D eigenvalue weighted by Crippen LogP contribution is -2.28. The van der Waals surface area contributed by atoms with E-state index in [4.69, 9.17) is 0 Å². The Labute approximate surface area is 451 Å². The topological polar surface area (TPSA) is 4.93 Å². The molecule has 0 saturated heterocycles. The van der Waals surface area contributed by atoms with Gasteiger partial charge >= 0.3 is 0 Å². The van der Waals surface area contributed by atoms with Crippen molar-refractivity contribution in [2.24, 2.45) is 0 Å². The molecule has 0 radical (unpaired) electrons. The minimum Gasteiger partial charge on any atom is -0.309 e. The molecule has 0 N–H and O–H groups in total. The molecule has 0 spiro atoms. The van der Waals surface area contributed by atoms with Gasteiger partial charge in [0.25, 0.3) is 0 Å². The van der Waals surface area contributed by atoms with Crippen molar-refractivity contribution in [1.82, 2.24) is 4.57 Å². The molecule has 1 heterocycles. The zero-order valence-corrected chi connectivity index (χ0v) is 42.8. The van der Waals surface area contributed by atoms with E-state index in [0.717, 1.165) is 18.5 Å². The second kappa shape index (κ2) is 19.6. The fraction of sp³-hybridized carbons (Fsp3) is 0.0526. The molecule has 77 heavy (non-hydrogen) atoms. The van der Waals surface area contributed by atoms with Crippen LogP contribution in [0.5, 0.6) is 0 Å². The van der Waals surface area contributed by atoms with Gasteiger partial charge in [0.2, 0.25) is 0 Å². The van der Waals surface area contributed by atoms with Crippen molar-refractivity contribution in [1.29, 1.82) is 0 Å². The van der Waals surface area contributed by atoms with Crippen LogP contribution in [0.2, 0.25) is 0 Å². The molecule has 0 bridgehead atoms. The van der Waals surface area contributed by atoms with Crippen LogP contribution in [-0.4, -0.2) is 4.57 Å². The van der Waals surface area contributed by atoms with E-state index in [1.54, 1.807) is 0 Å². The maximum Gasteiger partial charge on any atom is 0.0714 e. The van der Waals surface area contributed by atoms with Gasteiger partial charge in [-0.15, -0.1) is 0 Å². The third-order valence-corrected chi connectivity index (χ3v) is 16.5. The zero-order chi connectivity index (χ0) is 51.1. The van der Waals surface area contributed by atoms with Crippen LogP contribution in [0, 0.1) is 0 Å². The van der Waals surface area contributed by atoms with Gasteiger partial charge in [-0.25, -0.2) is 0 Å². The molecule has 0 saturated carbocycles. The largest absolute Gasteiger partial charge is 0.309 e. The second-order valence-corrected chi connectivity index (χ2v) is 20.6. The Balaban J connectivity index is 0.847. The number of rotatable bonds is 12. The van der Waals surface area contributed by atoms with Crippen LogP contribution < -0.4 is 0 Å². The number of para-hydroxylation sites is 1. The van der Waals surface area contributed by atoms with Crippen molar-refractivity contribution in [3.8, 4) is 61.3 Å². The molecular formula is C76H55N. The molecule has 1 unspecified atom stereocenters. The van der Waals surface area contributed by atoms with Crippen LogP contribution in [0.15, 0.2) is 303 Å². The maximum atomic E-state index is 2.51. The number of aryl methyl sites for hydroxylation is 1. The lowest BCUT2D eigenvalue weighted by atomic mass is 9.67. The lowest BCUT2D eigenvalue weighted by Gasteiger charge is -2.34. The standard InChI is InChI=1S/C76H55N/c1-5-23-53(24-6-1)62(56-41-43-57(44-42-56)64-33-16-15-32-63(64)54-25-7-2-8-26-54)48-45-55-27-13-14-34-65(55)67-36-18-17-35-66(67)58-46-49-71-70-38-20-22-40-74(70)77(75(71)51-58)61-47-50-69-68-37-19-21-39-72(68)76(73(69)52-61,59-28-9-3-10-29-59)60-30-11-4-12-31-60/h1-44,46-47,49-52,62H,45,48H2. The minimum absolute atomic E-state index is 0.223. The number of hydrogen-bond donors (Lipinski definition) is 0. The fourth-order valence-corrected chi connectivity index (χ4v) is 13.0. The summed E-state index contributed by atoms with van der Waals surface area (Å²) in [6, 6.07) is 112. The zero-order valence-electron chi connectivity index (χ0n) is 42.8. The summed E-state index contributed by atoms with van der Waals surface area (Å²) in [6.45, 7) is 0. The van der Waals surface area contributed by atoms with E-state index in [1.807, 2.05) is 0 Å². The summed E-state index contributed by atoms with van der Waals surface area (Å²) in [5.41, 5.74) is 24.7. The van der Waals surface area contributed by atoms with Crippen LogP contribution >= 0.6 is 0 Å². The highest BCUT2D eigenvalue weighted by Gasteiger charge is 2.46. The highest BCUT2D eigenvalue weighted by Crippen LogP contribution is 2.57. The van der Waals surface area contributed by atoms with E-state index < -0.39 is 5.41 Å². The van der Waals surface area contributed by atoms with Gasteiger partial charge in [-0.3, -0.25) is 0 Å². The smallest absolute Gasteiger partial charge is 0.0714 e. The summed E-state index contributed by atoms with van der Waals surface area (Å²) in [7, 11) is 0. The molecule has 1 aliphatic rings. The molecule has 14 rings (SSSR count). The van der Waals surface area contributed by atoms with Gasteiger partial charge in [0.1, 0.15) is 0 Å². The molecule has 1 aliphatic carbocycles. The first-order chi connectivity index (χ1) is 38.2. The number of hydrogen-bond acceptors (Lipinski definition) is 0. The van der Waals surface area contributed by atoms with Gasteiger partial charge in [0.05, 0.1) is 16.4 Å². The van der Waals surface area contributed by atoms with Gasteiger partial charge in [-0.2, -0.15) is 0 Å². The van der Waals surface area contributed by atoms with Crippen LogP contribution in [0.4, 0.5) is 0 Å². The summed E-state index contributed by atoms with van der Waals surface area (Å²) in [5.74, 6) is 0.223. The normalized spacial score (nSPS) is 12.8. The molecule has 0 aliphatic heterocycles. The van der Waals surface area contributed by atoms with Gasteiger partial charge in [-0.05, 0) is 132 Å². The Hall–Kier alpha value is -9.56. The molecule has 1 nitrogen and oxygen atoms in total. The molecular weight excluding hydrogens is 927 g/mol. The quantitative estimate of drug-likeness (QED) is 0.115. The van der Waals surface area contributed by atoms with Gasteiger partial charge in [-0.1, -0.05) is 279 Å². The fourth-order valence-electron chi connectivity index (χ4n) is 13.0. The van der Waals surface area contributed by atoms with Crippen molar-refractivity contribution in [3.05, 3.63) is 342 Å². The SMILES string of the molecule is c1ccc(-c2ccccc2-c2ccc(C(CCc3ccccc3-c3ccccc3-c3ccc4c5ccccc5n(-c5ccc6c(c5)C(c5ccccc5)(c5ccccc5)c5ccccc5-6)c4c3)c3ccccc3)cc2)cc1. The Morgan fingerprint density at radius 1 is 0.299 bits per heavy atom. The van der Waals surface area contributed by atoms with Crippen molar-refractivity contribution in [3.63, 3.8) is 0 Å². The second-order valence-electron chi connectivity index (χ2n) is 20.6. The number of aromatic nitrogens is 1. The summed E-state index contributed by atoms with van der Waals surface area (Å²) >= 11 is 0. The average Bonchev–Trinajstić information content (AvgIpc) is 4.23. The Morgan fingerprint density at radius 2 is 0.779 bits per heavy atom. The first kappa shape index (κ1) is 46.0. The van der Waals surface area contributed by atoms with E-state index in [-0.39, 0.29) is 5.92 Å². The summed E-state index contributed by atoms with van der Waals surface area (Å²) in [4.78, 5) is 0. The molecule has 0 fully saturated rings. The minimum atomic E-state index is -0.498. The predicted molar refractivity (Wildman–Crippen MR) is 323 cm³/mol. The lowest BCUT2D eigenvalue weighted by molar-refractivity contribution is 0.716. The summed E-state index contributed by atoms with van der Waals surface area (Å²) < 4.78 is 2.51. The van der Waals surface area contributed by atoms with E-state index in [1.165, 1.54) is 116 Å². The Morgan fingerprint density at radius 3 is 1.47 bits per heavy atom. The van der Waals surface area contributed by atoms with E-state index in [9.17, 15) is 0 Å². The van der Waals surface area contributed by atoms with Crippen LogP contribution in [-0.2, 0) is 11.8 Å². The predicted octanol–water partition coefficient (Wildman–Crippen LogP) is 19.6. The number of nitrogens with zero attached hydrogens (tertiary/aromatic N) is 1. The van der Waals surface area contributed by atoms with E-state index >= 15 is 0 Å². The maximum absolute atomic E-state index is 2.51. The molecule has 0 amide bonds. The molecule has 1 aromatic heterocycles. The first-order valence-electron chi connectivity index (χ1n) is 27.1. The Bertz CT molecular complexity index is 4210. The van der Waals surface area contributed by atoms with Crippen molar-refractivity contribution < 1.29 is 0 Å². The van der Waals surface area contributed by atoms with Crippen molar-refractivity contribution >= 4 is 21.8 Å². The first-order valence-corrected chi connectivity index (χ1v) is 27.1. The van der Waals surface area contributed by atoms with Crippen molar-refractivity contribution in [2.75, 3.05) is 0 Å². The van der Waals surface area contributed by atoms with E-state index in [2.05, 4.69) is 308 Å². The van der Waals surface area contributed by atoms with Gasteiger partial charge in [0.15, 0.2) is 0 Å². The van der Waals surface area contributed by atoms with E-state index in [0.29, 0.717) is 0 Å². The van der Waals surface area contributed by atoms with Crippen LogP contribution in [0.3, 0.4) is 0 Å².